The summed E-state index contributed by atoms with van der Waals surface area (Å²) in [6.45, 7) is 11.0. The molecule has 1 amide bonds. The minimum Gasteiger partial charge on any atom is -0.459 e. The van der Waals surface area contributed by atoms with Crippen molar-refractivity contribution < 1.29 is 28.5 Å². The van der Waals surface area contributed by atoms with Gasteiger partial charge < -0.3 is 24.3 Å². The number of rotatable bonds is 8. The summed E-state index contributed by atoms with van der Waals surface area (Å²) in [5.41, 5.74) is 1.29. The number of ether oxygens (including phenoxy) is 4. The zero-order chi connectivity index (χ0) is 24.0. The molecule has 3 aliphatic rings. The van der Waals surface area contributed by atoms with Gasteiger partial charge in [-0.15, -0.1) is 0 Å². The van der Waals surface area contributed by atoms with Gasteiger partial charge >= 0.3 is 5.97 Å². The van der Waals surface area contributed by atoms with Crippen LogP contribution < -0.4 is 5.32 Å². The first kappa shape index (κ1) is 25.7. The predicted molar refractivity (Wildman–Crippen MR) is 126 cm³/mol. The number of allylic oxidation sites excluding steroid dienone is 2. The Bertz CT molecular complexity index is 784. The number of hydrogen-bond donors (Lipinski definition) is 1. The summed E-state index contributed by atoms with van der Waals surface area (Å²) in [5.74, 6) is -0.258. The van der Waals surface area contributed by atoms with E-state index in [0.29, 0.717) is 5.92 Å². The van der Waals surface area contributed by atoms with Crippen LogP contribution in [0.4, 0.5) is 0 Å². The Morgan fingerprint density at radius 1 is 1.24 bits per heavy atom. The minimum atomic E-state index is -0.437. The van der Waals surface area contributed by atoms with E-state index in [2.05, 4.69) is 37.4 Å². The molecule has 0 aliphatic carbocycles. The highest BCUT2D eigenvalue weighted by Crippen LogP contribution is 2.39. The summed E-state index contributed by atoms with van der Waals surface area (Å²) in [6.07, 6.45) is 12.9. The lowest BCUT2D eigenvalue weighted by atomic mass is 9.88. The number of carbonyl (C=O) groups is 2. The molecule has 0 aromatic heterocycles. The van der Waals surface area contributed by atoms with Gasteiger partial charge in [0.15, 0.2) is 0 Å². The van der Waals surface area contributed by atoms with Crippen LogP contribution in [0.5, 0.6) is 0 Å². The SMILES string of the molecule is CC(=O)OC(C)C=CC(=O)NC1CC(C)C(CC=C(C)C=CC2CC3(CCO2)CO3)OC1C. The van der Waals surface area contributed by atoms with Gasteiger partial charge in [-0.05, 0) is 45.6 Å². The first-order valence-corrected chi connectivity index (χ1v) is 12.1. The van der Waals surface area contributed by atoms with Crippen LogP contribution >= 0.6 is 0 Å². The third-order valence-electron chi connectivity index (χ3n) is 6.68. The lowest BCUT2D eigenvalue weighted by Crippen LogP contribution is -2.50. The number of amides is 1. The van der Waals surface area contributed by atoms with Gasteiger partial charge in [0.1, 0.15) is 6.10 Å². The van der Waals surface area contributed by atoms with E-state index in [4.69, 9.17) is 18.9 Å². The van der Waals surface area contributed by atoms with Crippen LogP contribution in [0.25, 0.3) is 0 Å². The van der Waals surface area contributed by atoms with Gasteiger partial charge in [0.05, 0.1) is 43.2 Å². The van der Waals surface area contributed by atoms with Crippen molar-refractivity contribution in [3.8, 4) is 0 Å². The van der Waals surface area contributed by atoms with Crippen molar-refractivity contribution in [1.29, 1.82) is 0 Å². The highest BCUT2D eigenvalue weighted by molar-refractivity contribution is 5.87. The molecular formula is C26H39NO6. The molecule has 3 saturated heterocycles. The number of hydrogen-bond acceptors (Lipinski definition) is 6. The molecule has 7 atom stereocenters. The van der Waals surface area contributed by atoms with Crippen LogP contribution in [0.2, 0.25) is 0 Å². The first-order chi connectivity index (χ1) is 15.7. The Morgan fingerprint density at radius 2 is 2.00 bits per heavy atom. The van der Waals surface area contributed by atoms with Gasteiger partial charge in [0, 0.05) is 25.8 Å². The van der Waals surface area contributed by atoms with Crippen LogP contribution in [0.3, 0.4) is 0 Å². The topological polar surface area (TPSA) is 86.4 Å². The van der Waals surface area contributed by atoms with Gasteiger partial charge in [-0.3, -0.25) is 9.59 Å². The maximum atomic E-state index is 12.3. The van der Waals surface area contributed by atoms with E-state index in [-0.39, 0.29) is 41.8 Å². The van der Waals surface area contributed by atoms with Gasteiger partial charge in [-0.1, -0.05) is 30.7 Å². The molecule has 1 N–H and O–H groups in total. The highest BCUT2D eigenvalue weighted by Gasteiger charge is 2.48. The second kappa shape index (κ2) is 11.4. The highest BCUT2D eigenvalue weighted by atomic mass is 16.6. The molecule has 3 heterocycles. The van der Waals surface area contributed by atoms with Crippen LogP contribution in [-0.2, 0) is 28.5 Å². The molecule has 0 radical (unpaired) electrons. The van der Waals surface area contributed by atoms with E-state index >= 15 is 0 Å². The molecule has 184 valence electrons. The molecule has 0 aromatic carbocycles. The summed E-state index contributed by atoms with van der Waals surface area (Å²) >= 11 is 0. The van der Waals surface area contributed by atoms with Gasteiger partial charge in [0.2, 0.25) is 5.91 Å². The molecule has 3 rings (SSSR count). The Morgan fingerprint density at radius 3 is 2.70 bits per heavy atom. The average Bonchev–Trinajstić information content (AvgIpc) is 3.49. The molecule has 1 spiro atoms. The molecule has 33 heavy (non-hydrogen) atoms. The molecule has 3 aliphatic heterocycles. The van der Waals surface area contributed by atoms with Crippen LogP contribution in [-0.4, -0.2) is 61.1 Å². The predicted octanol–water partition coefficient (Wildman–Crippen LogP) is 3.63. The summed E-state index contributed by atoms with van der Waals surface area (Å²) in [5, 5.41) is 3.02. The number of esters is 1. The van der Waals surface area contributed by atoms with E-state index in [9.17, 15) is 9.59 Å². The number of nitrogens with one attached hydrogen (secondary N) is 1. The molecular weight excluding hydrogens is 422 g/mol. The van der Waals surface area contributed by atoms with Crippen LogP contribution in [0, 0.1) is 5.92 Å². The summed E-state index contributed by atoms with van der Waals surface area (Å²) < 4.78 is 22.7. The summed E-state index contributed by atoms with van der Waals surface area (Å²) in [6, 6.07) is -0.0529. The first-order valence-electron chi connectivity index (χ1n) is 12.1. The maximum absolute atomic E-state index is 12.3. The van der Waals surface area contributed by atoms with Crippen LogP contribution in [0.1, 0.15) is 60.3 Å². The molecule has 7 unspecified atom stereocenters. The van der Waals surface area contributed by atoms with E-state index < -0.39 is 6.10 Å². The fourth-order valence-corrected chi connectivity index (χ4v) is 4.51. The van der Waals surface area contributed by atoms with Crippen molar-refractivity contribution >= 4 is 11.9 Å². The van der Waals surface area contributed by atoms with Crippen molar-refractivity contribution in [2.45, 2.75) is 96.4 Å². The normalized spacial score (nSPS) is 35.7. The largest absolute Gasteiger partial charge is 0.459 e. The van der Waals surface area contributed by atoms with Gasteiger partial charge in [0.25, 0.3) is 0 Å². The maximum Gasteiger partial charge on any atom is 0.303 e. The third-order valence-corrected chi connectivity index (χ3v) is 6.68. The second-order valence-electron chi connectivity index (χ2n) is 9.76. The molecule has 0 bridgehead atoms. The van der Waals surface area contributed by atoms with E-state index in [1.54, 1.807) is 13.0 Å². The molecule has 0 saturated carbocycles. The smallest absolute Gasteiger partial charge is 0.303 e. The number of epoxide rings is 1. The monoisotopic (exact) mass is 461 g/mol. The van der Waals surface area contributed by atoms with Crippen LogP contribution in [0.15, 0.2) is 36.0 Å². The minimum absolute atomic E-state index is 0.0529. The van der Waals surface area contributed by atoms with Crippen molar-refractivity contribution in [1.82, 2.24) is 5.32 Å². The second-order valence-corrected chi connectivity index (χ2v) is 9.76. The zero-order valence-electron chi connectivity index (χ0n) is 20.5. The van der Waals surface area contributed by atoms with Crippen molar-refractivity contribution in [2.75, 3.05) is 13.2 Å². The Hall–Kier alpha value is -1.96. The van der Waals surface area contributed by atoms with Gasteiger partial charge in [-0.2, -0.15) is 0 Å². The lowest BCUT2D eigenvalue weighted by Gasteiger charge is -2.39. The molecule has 7 heteroatoms. The van der Waals surface area contributed by atoms with Crippen molar-refractivity contribution in [2.24, 2.45) is 5.92 Å². The van der Waals surface area contributed by atoms with Gasteiger partial charge in [-0.25, -0.2) is 0 Å². The zero-order valence-corrected chi connectivity index (χ0v) is 20.5. The Balaban J connectivity index is 1.43. The van der Waals surface area contributed by atoms with E-state index in [1.165, 1.54) is 18.6 Å². The fourth-order valence-electron chi connectivity index (χ4n) is 4.51. The van der Waals surface area contributed by atoms with E-state index in [1.807, 2.05) is 6.92 Å². The molecule has 7 nitrogen and oxygen atoms in total. The lowest BCUT2D eigenvalue weighted by molar-refractivity contribution is -0.143. The van der Waals surface area contributed by atoms with E-state index in [0.717, 1.165) is 38.9 Å². The number of carbonyl (C=O) groups excluding carboxylic acids is 2. The average molecular weight is 462 g/mol. The quantitative estimate of drug-likeness (QED) is 0.257. The third kappa shape index (κ3) is 8.09. The molecule has 0 aromatic rings. The van der Waals surface area contributed by atoms with Crippen molar-refractivity contribution in [3.63, 3.8) is 0 Å². The Kier molecular flexibility index (Phi) is 8.90. The fraction of sp³-hybridized carbons (Fsp3) is 0.692. The standard InChI is InChI=1S/C26H39NO6/c1-17(6-9-22-15-26(16-31-26)12-13-30-22)7-10-24-18(2)14-23(20(4)33-24)27-25(29)11-8-19(3)32-21(5)28/h6-9,11,18-20,22-24H,10,12-16H2,1-5H3,(H,27,29). The molecule has 3 fully saturated rings. The summed E-state index contributed by atoms with van der Waals surface area (Å²) in [7, 11) is 0. The Labute approximate surface area is 197 Å². The summed E-state index contributed by atoms with van der Waals surface area (Å²) in [4.78, 5) is 23.2. The van der Waals surface area contributed by atoms with Crippen molar-refractivity contribution in [3.05, 3.63) is 36.0 Å².